The summed E-state index contributed by atoms with van der Waals surface area (Å²) in [5.74, 6) is -0.489. The molecule has 16 heavy (non-hydrogen) atoms. The second-order valence-electron chi connectivity index (χ2n) is 3.08. The van der Waals surface area contributed by atoms with E-state index in [2.05, 4.69) is 15.9 Å². The van der Waals surface area contributed by atoms with E-state index >= 15 is 0 Å². The monoisotopic (exact) mass is 296 g/mol. The lowest BCUT2D eigenvalue weighted by molar-refractivity contribution is -0.136. The molecule has 0 fully saturated rings. The minimum atomic E-state index is -4.62. The molecule has 0 spiro atoms. The van der Waals surface area contributed by atoms with Crippen LogP contribution in [-0.2, 0) is 6.18 Å². The smallest absolute Gasteiger partial charge is 0.397 e. The van der Waals surface area contributed by atoms with E-state index < -0.39 is 23.2 Å². The number of nitrogens with two attached hydrogens (primary N) is 2. The number of anilines is 2. The van der Waals surface area contributed by atoms with Crippen LogP contribution in [0.3, 0.4) is 0 Å². The number of hydrogen-bond donors (Lipinski definition) is 2. The van der Waals surface area contributed by atoms with Crippen LogP contribution in [0, 0.1) is 0 Å². The average Bonchev–Trinajstić information content (AvgIpc) is 2.18. The Balaban J connectivity index is 3.39. The molecule has 0 heterocycles. The largest absolute Gasteiger partial charge is 0.418 e. The third-order valence-corrected chi connectivity index (χ3v) is 2.47. The molecule has 4 N–H and O–H groups in total. The number of carbonyl (C=O) groups excluding carboxylic acids is 1. The van der Waals surface area contributed by atoms with Gasteiger partial charge in [-0.25, -0.2) is 0 Å². The van der Waals surface area contributed by atoms with Gasteiger partial charge in [-0.2, -0.15) is 13.2 Å². The Labute approximate surface area is 97.7 Å². The van der Waals surface area contributed by atoms with E-state index in [1.54, 1.807) is 0 Å². The van der Waals surface area contributed by atoms with Crippen LogP contribution in [0.1, 0.15) is 15.9 Å². The minimum absolute atomic E-state index is 0.0757. The zero-order valence-corrected chi connectivity index (χ0v) is 9.52. The zero-order valence-electron chi connectivity index (χ0n) is 7.94. The van der Waals surface area contributed by atoms with Crippen LogP contribution in [0.25, 0.3) is 0 Å². The molecule has 0 radical (unpaired) electrons. The number of halogens is 4. The third-order valence-electron chi connectivity index (χ3n) is 1.96. The molecule has 1 aromatic rings. The predicted molar refractivity (Wildman–Crippen MR) is 58.4 cm³/mol. The summed E-state index contributed by atoms with van der Waals surface area (Å²) >= 11 is 2.87. The van der Waals surface area contributed by atoms with Crippen LogP contribution in [0.5, 0.6) is 0 Å². The number of Topliss-reactive ketones (excluding diaryl/α,β-unsaturated/α-hetero) is 1. The Morgan fingerprint density at radius 1 is 1.31 bits per heavy atom. The maximum absolute atomic E-state index is 12.5. The fourth-order valence-electron chi connectivity index (χ4n) is 1.15. The first-order valence-electron chi connectivity index (χ1n) is 4.12. The van der Waals surface area contributed by atoms with Crippen LogP contribution in [0.2, 0.25) is 0 Å². The summed E-state index contributed by atoms with van der Waals surface area (Å²) in [7, 11) is 0. The summed E-state index contributed by atoms with van der Waals surface area (Å²) in [6.07, 6.45) is -4.62. The Hall–Kier alpha value is -1.24. The van der Waals surface area contributed by atoms with Gasteiger partial charge < -0.3 is 11.5 Å². The Morgan fingerprint density at radius 2 is 1.88 bits per heavy atom. The second kappa shape index (κ2) is 4.32. The maximum Gasteiger partial charge on any atom is 0.418 e. The van der Waals surface area contributed by atoms with Gasteiger partial charge in [0.2, 0.25) is 0 Å². The topological polar surface area (TPSA) is 69.1 Å². The molecule has 0 unspecified atom stereocenters. The lowest BCUT2D eigenvalue weighted by Crippen LogP contribution is -2.13. The molecule has 0 atom stereocenters. The van der Waals surface area contributed by atoms with Crippen LogP contribution < -0.4 is 11.5 Å². The molecule has 0 saturated carbocycles. The van der Waals surface area contributed by atoms with Crippen molar-refractivity contribution in [3.05, 3.63) is 23.3 Å². The van der Waals surface area contributed by atoms with E-state index in [0.29, 0.717) is 6.07 Å². The summed E-state index contributed by atoms with van der Waals surface area (Å²) < 4.78 is 37.6. The lowest BCUT2D eigenvalue weighted by Gasteiger charge is -2.13. The molecule has 0 saturated heterocycles. The van der Waals surface area contributed by atoms with Crippen molar-refractivity contribution in [2.24, 2.45) is 0 Å². The molecule has 0 bridgehead atoms. The van der Waals surface area contributed by atoms with E-state index in [4.69, 9.17) is 11.5 Å². The molecule has 0 amide bonds. The minimum Gasteiger partial charge on any atom is -0.397 e. The van der Waals surface area contributed by atoms with Crippen molar-refractivity contribution in [1.82, 2.24) is 0 Å². The van der Waals surface area contributed by atoms with Crippen LogP contribution in [-0.4, -0.2) is 11.1 Å². The van der Waals surface area contributed by atoms with Gasteiger partial charge >= 0.3 is 6.18 Å². The molecule has 1 rings (SSSR count). The number of hydrogen-bond acceptors (Lipinski definition) is 3. The van der Waals surface area contributed by atoms with Gasteiger partial charge in [0.15, 0.2) is 5.78 Å². The summed E-state index contributed by atoms with van der Waals surface area (Å²) in [5.41, 5.74) is 8.52. The van der Waals surface area contributed by atoms with Gasteiger partial charge in [0.05, 0.1) is 22.3 Å². The second-order valence-corrected chi connectivity index (χ2v) is 3.64. The zero-order chi connectivity index (χ0) is 12.5. The highest BCUT2D eigenvalue weighted by atomic mass is 79.9. The standard InChI is InChI=1S/C9H8BrF3N2O/c10-3-7(16)4-1-5(9(11,12)13)8(15)6(14)2-4/h1-2H,3,14-15H2. The van der Waals surface area contributed by atoms with Crippen LogP contribution >= 0.6 is 15.9 Å². The molecule has 7 heteroatoms. The van der Waals surface area contributed by atoms with Crippen molar-refractivity contribution >= 4 is 33.1 Å². The molecule has 3 nitrogen and oxygen atoms in total. The van der Waals surface area contributed by atoms with Gasteiger partial charge in [0.1, 0.15) is 0 Å². The molecule has 88 valence electrons. The number of benzene rings is 1. The number of nitrogen functional groups attached to an aromatic ring is 2. The Bertz CT molecular complexity index is 431. The summed E-state index contributed by atoms with van der Waals surface area (Å²) in [6.45, 7) is 0. The maximum atomic E-state index is 12.5. The van der Waals surface area contributed by atoms with E-state index in [0.717, 1.165) is 6.07 Å². The normalized spacial score (nSPS) is 11.5. The number of carbonyl (C=O) groups is 1. The van der Waals surface area contributed by atoms with Gasteiger partial charge in [-0.1, -0.05) is 15.9 Å². The number of ketones is 1. The Kier molecular flexibility index (Phi) is 3.47. The van der Waals surface area contributed by atoms with Crippen molar-refractivity contribution in [1.29, 1.82) is 0 Å². The van der Waals surface area contributed by atoms with Gasteiger partial charge in [-0.15, -0.1) is 0 Å². The third kappa shape index (κ3) is 2.46. The van der Waals surface area contributed by atoms with E-state index in [1.807, 2.05) is 0 Å². The molecule has 1 aromatic carbocycles. The van der Waals surface area contributed by atoms with Gasteiger partial charge in [0.25, 0.3) is 0 Å². The molecular formula is C9H8BrF3N2O. The molecular weight excluding hydrogens is 289 g/mol. The highest BCUT2D eigenvalue weighted by Gasteiger charge is 2.34. The predicted octanol–water partition coefficient (Wildman–Crippen LogP) is 2.45. The quantitative estimate of drug-likeness (QED) is 0.500. The van der Waals surface area contributed by atoms with E-state index in [1.165, 1.54) is 0 Å². The van der Waals surface area contributed by atoms with E-state index in [9.17, 15) is 18.0 Å². The first-order chi connectivity index (χ1) is 7.27. The van der Waals surface area contributed by atoms with E-state index in [-0.39, 0.29) is 16.6 Å². The average molecular weight is 297 g/mol. The van der Waals surface area contributed by atoms with Crippen molar-refractivity contribution < 1.29 is 18.0 Å². The molecule has 0 aliphatic heterocycles. The van der Waals surface area contributed by atoms with Crippen molar-refractivity contribution in [3.8, 4) is 0 Å². The van der Waals surface area contributed by atoms with Crippen molar-refractivity contribution in [2.45, 2.75) is 6.18 Å². The molecule has 0 aliphatic rings. The summed E-state index contributed by atoms with van der Waals surface area (Å²) in [4.78, 5) is 11.2. The fraction of sp³-hybridized carbons (Fsp3) is 0.222. The summed E-state index contributed by atoms with van der Waals surface area (Å²) in [6, 6.07) is 1.84. The molecule has 0 aliphatic carbocycles. The highest BCUT2D eigenvalue weighted by Crippen LogP contribution is 2.37. The van der Waals surface area contributed by atoms with Crippen molar-refractivity contribution in [2.75, 3.05) is 16.8 Å². The van der Waals surface area contributed by atoms with Gasteiger partial charge in [-0.3, -0.25) is 4.79 Å². The molecule has 0 aromatic heterocycles. The Morgan fingerprint density at radius 3 is 2.31 bits per heavy atom. The SMILES string of the molecule is Nc1cc(C(=O)CBr)cc(C(F)(F)F)c1N. The van der Waals surface area contributed by atoms with Crippen LogP contribution in [0.4, 0.5) is 24.5 Å². The lowest BCUT2D eigenvalue weighted by atomic mass is 10.0. The number of alkyl halides is 4. The van der Waals surface area contributed by atoms with Gasteiger partial charge in [-0.05, 0) is 12.1 Å². The first-order valence-corrected chi connectivity index (χ1v) is 5.25. The fourth-order valence-corrected chi connectivity index (χ4v) is 1.47. The highest BCUT2D eigenvalue weighted by molar-refractivity contribution is 9.09. The summed E-state index contributed by atoms with van der Waals surface area (Å²) in [5, 5.41) is -0.0757. The number of rotatable bonds is 2. The first kappa shape index (κ1) is 12.8. The van der Waals surface area contributed by atoms with Crippen LogP contribution in [0.15, 0.2) is 12.1 Å². The van der Waals surface area contributed by atoms with Gasteiger partial charge in [0, 0.05) is 5.56 Å². The van der Waals surface area contributed by atoms with Crippen molar-refractivity contribution in [3.63, 3.8) is 0 Å².